The van der Waals surface area contributed by atoms with E-state index in [1.54, 1.807) is 6.08 Å². The fourth-order valence-electron chi connectivity index (χ4n) is 0.922. The molecule has 0 unspecified atom stereocenters. The predicted molar refractivity (Wildman–Crippen MR) is 43.5 cm³/mol. The molecule has 60 valence electrons. The monoisotopic (exact) mass is 153 g/mol. The van der Waals surface area contributed by atoms with Gasteiger partial charge < -0.3 is 4.42 Å². The number of rotatable bonds is 1. The van der Waals surface area contributed by atoms with E-state index in [1.807, 2.05) is 19.9 Å². The third-order valence-electron chi connectivity index (χ3n) is 1.38. The second-order valence-electron chi connectivity index (χ2n) is 2.19. The van der Waals surface area contributed by atoms with Crippen molar-refractivity contribution in [3.63, 3.8) is 0 Å². The zero-order valence-corrected chi connectivity index (χ0v) is 6.68. The van der Waals surface area contributed by atoms with Crippen molar-refractivity contribution in [2.45, 2.75) is 20.3 Å². The van der Waals surface area contributed by atoms with Gasteiger partial charge >= 0.3 is 5.76 Å². The summed E-state index contributed by atoms with van der Waals surface area (Å²) in [7, 11) is 0. The van der Waals surface area contributed by atoms with Crippen molar-refractivity contribution in [1.82, 2.24) is 4.98 Å². The largest absolute Gasteiger partial charge is 0.417 e. The maximum absolute atomic E-state index is 10.7. The topological polar surface area (TPSA) is 46.0 Å². The molecule has 1 rings (SSSR count). The molecule has 0 amide bonds. The molecule has 1 heterocycles. The smallest absolute Gasteiger partial charge is 0.408 e. The highest BCUT2D eigenvalue weighted by molar-refractivity contribution is 5.21. The lowest BCUT2D eigenvalue weighted by Crippen LogP contribution is -2.21. The molecule has 11 heavy (non-hydrogen) atoms. The molecule has 1 aromatic heterocycles. The Morgan fingerprint density at radius 2 is 2.36 bits per heavy atom. The van der Waals surface area contributed by atoms with Gasteiger partial charge in [-0.1, -0.05) is 13.0 Å². The van der Waals surface area contributed by atoms with Gasteiger partial charge in [0.25, 0.3) is 0 Å². The molecule has 0 atom stereocenters. The summed E-state index contributed by atoms with van der Waals surface area (Å²) in [5.41, 5.74) is 0.622. The van der Waals surface area contributed by atoms with Crippen LogP contribution in [0.2, 0.25) is 0 Å². The second-order valence-corrected chi connectivity index (χ2v) is 2.19. The summed E-state index contributed by atoms with van der Waals surface area (Å²) in [6.45, 7) is 3.84. The van der Waals surface area contributed by atoms with Crippen LogP contribution in [-0.2, 0) is 0 Å². The van der Waals surface area contributed by atoms with Crippen molar-refractivity contribution in [3.8, 4) is 0 Å². The Kier molecular flexibility index (Phi) is 2.31. The summed E-state index contributed by atoms with van der Waals surface area (Å²) in [5, 5.41) is 0.778. The Morgan fingerprint density at radius 3 is 2.91 bits per heavy atom. The van der Waals surface area contributed by atoms with Crippen LogP contribution >= 0.6 is 0 Å². The summed E-state index contributed by atoms with van der Waals surface area (Å²) >= 11 is 0. The number of aromatic amines is 1. The van der Waals surface area contributed by atoms with Gasteiger partial charge in [-0.05, 0) is 19.4 Å². The molecule has 0 radical (unpaired) electrons. The molecular weight excluding hydrogens is 142 g/mol. The summed E-state index contributed by atoms with van der Waals surface area (Å²) in [5.74, 6) is -0.391. The van der Waals surface area contributed by atoms with Crippen molar-refractivity contribution >= 4 is 12.2 Å². The first kappa shape index (κ1) is 7.85. The van der Waals surface area contributed by atoms with E-state index in [2.05, 4.69) is 4.98 Å². The molecule has 0 aliphatic rings. The Hall–Kier alpha value is -1.25. The standard InChI is InChI=1S/C8H11NO2/c1-3-5-6-7(4-2)11-8(10)9-6/h4-5H,3H2,1-2H3,(H,9,10). The Bertz CT molecular complexity index is 383. The molecule has 0 fully saturated rings. The van der Waals surface area contributed by atoms with Crippen LogP contribution in [0.4, 0.5) is 0 Å². The van der Waals surface area contributed by atoms with Gasteiger partial charge in [0, 0.05) is 0 Å². The number of oxazole rings is 1. The number of hydrogen-bond donors (Lipinski definition) is 1. The van der Waals surface area contributed by atoms with Crippen molar-refractivity contribution in [1.29, 1.82) is 0 Å². The van der Waals surface area contributed by atoms with Crippen LogP contribution in [0.1, 0.15) is 20.3 Å². The Labute approximate surface area is 64.1 Å². The lowest BCUT2D eigenvalue weighted by Gasteiger charge is -1.74. The average Bonchev–Trinajstić information content (AvgIpc) is 2.32. The first-order chi connectivity index (χ1) is 5.27. The van der Waals surface area contributed by atoms with E-state index in [0.717, 1.165) is 11.8 Å². The number of aromatic nitrogens is 1. The van der Waals surface area contributed by atoms with E-state index in [4.69, 9.17) is 4.42 Å². The van der Waals surface area contributed by atoms with E-state index < -0.39 is 5.76 Å². The molecule has 0 aliphatic carbocycles. The van der Waals surface area contributed by atoms with Crippen LogP contribution in [-0.4, -0.2) is 4.98 Å². The second kappa shape index (κ2) is 3.23. The van der Waals surface area contributed by atoms with Crippen molar-refractivity contribution in [2.24, 2.45) is 0 Å². The highest BCUT2D eigenvalue weighted by Gasteiger charge is 1.89. The molecule has 0 aliphatic heterocycles. The molecule has 0 saturated carbocycles. The van der Waals surface area contributed by atoms with Gasteiger partial charge in [0.15, 0.2) is 5.42 Å². The SMILES string of the molecule is CC=c1oc(=O)[nH]c1=CCC. The van der Waals surface area contributed by atoms with E-state index in [-0.39, 0.29) is 0 Å². The maximum Gasteiger partial charge on any atom is 0.417 e. The van der Waals surface area contributed by atoms with Crippen molar-refractivity contribution < 1.29 is 4.42 Å². The van der Waals surface area contributed by atoms with Gasteiger partial charge in [-0.25, -0.2) is 4.79 Å². The Morgan fingerprint density at radius 1 is 1.64 bits per heavy atom. The fraction of sp³-hybridized carbons (Fsp3) is 0.375. The summed E-state index contributed by atoms with van der Waals surface area (Å²) in [6, 6.07) is 0. The van der Waals surface area contributed by atoms with Crippen LogP contribution in [0, 0.1) is 0 Å². The third-order valence-corrected chi connectivity index (χ3v) is 1.38. The zero-order chi connectivity index (χ0) is 8.27. The third kappa shape index (κ3) is 1.61. The molecule has 0 bridgehead atoms. The van der Waals surface area contributed by atoms with Crippen LogP contribution in [0.3, 0.4) is 0 Å². The lowest BCUT2D eigenvalue weighted by atomic mass is 10.4. The number of nitrogens with one attached hydrogen (secondary N) is 1. The van der Waals surface area contributed by atoms with Gasteiger partial charge in [-0.15, -0.1) is 0 Å². The van der Waals surface area contributed by atoms with Gasteiger partial charge in [0.05, 0.1) is 5.35 Å². The van der Waals surface area contributed by atoms with Crippen molar-refractivity contribution in [2.75, 3.05) is 0 Å². The predicted octanol–water partition coefficient (Wildman–Crippen LogP) is -0.0412. The van der Waals surface area contributed by atoms with Crippen molar-refractivity contribution in [3.05, 3.63) is 21.3 Å². The number of hydrogen-bond acceptors (Lipinski definition) is 2. The van der Waals surface area contributed by atoms with E-state index >= 15 is 0 Å². The highest BCUT2D eigenvalue weighted by Crippen LogP contribution is 1.70. The molecule has 1 N–H and O–H groups in total. The minimum absolute atomic E-state index is 0.391. The lowest BCUT2D eigenvalue weighted by molar-refractivity contribution is 0.485. The maximum atomic E-state index is 10.7. The summed E-state index contributed by atoms with van der Waals surface area (Å²) in [4.78, 5) is 13.3. The van der Waals surface area contributed by atoms with Gasteiger partial charge in [0.2, 0.25) is 0 Å². The number of H-pyrrole nitrogens is 1. The molecule has 0 spiro atoms. The zero-order valence-electron chi connectivity index (χ0n) is 6.68. The van der Waals surface area contributed by atoms with Crippen LogP contribution in [0.5, 0.6) is 0 Å². The van der Waals surface area contributed by atoms with Crippen LogP contribution in [0.15, 0.2) is 9.21 Å². The van der Waals surface area contributed by atoms with Gasteiger partial charge in [-0.3, -0.25) is 4.98 Å². The van der Waals surface area contributed by atoms with E-state index in [1.165, 1.54) is 0 Å². The summed E-state index contributed by atoms with van der Waals surface area (Å²) < 4.78 is 4.82. The van der Waals surface area contributed by atoms with E-state index in [9.17, 15) is 4.79 Å². The van der Waals surface area contributed by atoms with Crippen LogP contribution in [0.25, 0.3) is 12.2 Å². The highest BCUT2D eigenvalue weighted by atomic mass is 16.4. The minimum Gasteiger partial charge on any atom is -0.408 e. The molecular formula is C8H11NO2. The normalized spacial score (nSPS) is 14.4. The quantitative estimate of drug-likeness (QED) is 0.615. The average molecular weight is 153 g/mol. The fourth-order valence-corrected chi connectivity index (χ4v) is 0.922. The van der Waals surface area contributed by atoms with Crippen LogP contribution < -0.4 is 16.5 Å². The molecule has 0 aromatic carbocycles. The first-order valence-corrected chi connectivity index (χ1v) is 3.63. The molecule has 3 heteroatoms. The molecule has 0 saturated heterocycles. The molecule has 1 aromatic rings. The van der Waals surface area contributed by atoms with E-state index in [0.29, 0.717) is 5.42 Å². The Balaban J connectivity index is 3.48. The minimum atomic E-state index is -0.391. The molecule has 3 nitrogen and oxygen atoms in total. The summed E-state index contributed by atoms with van der Waals surface area (Å²) in [6.07, 6.45) is 4.57. The van der Waals surface area contributed by atoms with Gasteiger partial charge in [-0.2, -0.15) is 0 Å². The first-order valence-electron chi connectivity index (χ1n) is 3.63. The van der Waals surface area contributed by atoms with Gasteiger partial charge in [0.1, 0.15) is 0 Å².